The lowest BCUT2D eigenvalue weighted by Gasteiger charge is -2.11. The minimum Gasteiger partial charge on any atom is -0.475 e. The van der Waals surface area contributed by atoms with Gasteiger partial charge in [-0.1, -0.05) is 6.07 Å². The summed E-state index contributed by atoms with van der Waals surface area (Å²) in [5.74, 6) is 4.24. The summed E-state index contributed by atoms with van der Waals surface area (Å²) in [5.41, 5.74) is 1.53. The summed E-state index contributed by atoms with van der Waals surface area (Å²) in [4.78, 5) is 20.3. The summed E-state index contributed by atoms with van der Waals surface area (Å²) < 4.78 is 21.9. The first kappa shape index (κ1) is 25.3. The lowest BCUT2D eigenvalue weighted by atomic mass is 10.2. The normalized spacial score (nSPS) is 12.1. The summed E-state index contributed by atoms with van der Waals surface area (Å²) in [6, 6.07) is 11.0. The first-order valence-corrected chi connectivity index (χ1v) is 12.7. The van der Waals surface area contributed by atoms with Crippen molar-refractivity contribution >= 4 is 44.3 Å². The number of nitrogens with one attached hydrogen (secondary N) is 1. The van der Waals surface area contributed by atoms with E-state index in [0.29, 0.717) is 23.3 Å². The fraction of sp³-hybridized carbons (Fsp3) is 0.273. The molecule has 0 fully saturated rings. The third-order valence-corrected chi connectivity index (χ3v) is 6.00. The molecule has 0 spiro atoms. The molecule has 0 aliphatic carbocycles. The first-order valence-electron chi connectivity index (χ1n) is 9.72. The molecule has 10 heteroatoms. The number of ether oxygens (including phenoxy) is 2. The number of nitrogens with zero attached hydrogens (tertiary/aromatic N) is 2. The van der Waals surface area contributed by atoms with Crippen LogP contribution in [0.4, 0.5) is 11.6 Å². The SMILES string of the molecule is C=S(C)(=O)c1ccc(Nc2ncc(-c3cccs3)c(OCCO)n2)cc1.CCOC(C)=O. The maximum absolute atomic E-state index is 12.0. The highest BCUT2D eigenvalue weighted by Gasteiger charge is 2.12. The second kappa shape index (κ2) is 12.2. The Morgan fingerprint density at radius 1 is 1.28 bits per heavy atom. The number of carbonyl (C=O) groups is 1. The first-order chi connectivity index (χ1) is 15.2. The monoisotopic (exact) mass is 477 g/mol. The Labute approximate surface area is 192 Å². The molecule has 3 rings (SSSR count). The van der Waals surface area contributed by atoms with Gasteiger partial charge in [0.15, 0.2) is 0 Å². The van der Waals surface area contributed by atoms with E-state index in [2.05, 4.69) is 25.9 Å². The van der Waals surface area contributed by atoms with Crippen LogP contribution in [0.2, 0.25) is 0 Å². The molecule has 32 heavy (non-hydrogen) atoms. The Balaban J connectivity index is 0.000000534. The lowest BCUT2D eigenvalue weighted by Crippen LogP contribution is -2.06. The molecule has 172 valence electrons. The van der Waals surface area contributed by atoms with E-state index >= 15 is 0 Å². The zero-order valence-electron chi connectivity index (χ0n) is 18.2. The second-order valence-electron chi connectivity index (χ2n) is 6.54. The Morgan fingerprint density at radius 2 is 2.00 bits per heavy atom. The van der Waals surface area contributed by atoms with Gasteiger partial charge in [-0.2, -0.15) is 4.98 Å². The summed E-state index contributed by atoms with van der Waals surface area (Å²) in [7, 11) is -2.24. The van der Waals surface area contributed by atoms with E-state index in [4.69, 9.17) is 9.84 Å². The molecule has 0 saturated heterocycles. The van der Waals surface area contributed by atoms with Gasteiger partial charge in [0, 0.05) is 34.8 Å². The van der Waals surface area contributed by atoms with Crippen LogP contribution in [0, 0.1) is 0 Å². The third kappa shape index (κ3) is 7.95. The van der Waals surface area contributed by atoms with Crippen molar-refractivity contribution in [2.24, 2.45) is 0 Å². The summed E-state index contributed by atoms with van der Waals surface area (Å²) in [6.45, 7) is 3.71. The Bertz CT molecular complexity index is 1100. The number of anilines is 2. The van der Waals surface area contributed by atoms with E-state index in [-0.39, 0.29) is 19.2 Å². The van der Waals surface area contributed by atoms with Crippen molar-refractivity contribution in [3.05, 3.63) is 48.0 Å². The number of rotatable bonds is 8. The number of hydrogen-bond donors (Lipinski definition) is 2. The van der Waals surface area contributed by atoms with Crippen LogP contribution in [0.1, 0.15) is 13.8 Å². The van der Waals surface area contributed by atoms with Gasteiger partial charge < -0.3 is 19.9 Å². The van der Waals surface area contributed by atoms with Crippen molar-refractivity contribution in [1.82, 2.24) is 9.97 Å². The molecule has 1 aromatic carbocycles. The number of esters is 1. The van der Waals surface area contributed by atoms with E-state index in [1.54, 1.807) is 55.0 Å². The maximum Gasteiger partial charge on any atom is 0.302 e. The smallest absolute Gasteiger partial charge is 0.302 e. The van der Waals surface area contributed by atoms with E-state index < -0.39 is 9.52 Å². The summed E-state index contributed by atoms with van der Waals surface area (Å²) >= 11 is 1.56. The minimum atomic E-state index is -2.24. The van der Waals surface area contributed by atoms with Crippen LogP contribution in [0.25, 0.3) is 10.4 Å². The largest absolute Gasteiger partial charge is 0.475 e. The zero-order valence-corrected chi connectivity index (χ0v) is 19.9. The van der Waals surface area contributed by atoms with Crippen LogP contribution in [0.3, 0.4) is 0 Å². The molecule has 0 amide bonds. The number of aliphatic hydroxyl groups is 1. The molecule has 2 heterocycles. The number of benzene rings is 1. The average molecular weight is 478 g/mol. The Morgan fingerprint density at radius 3 is 2.50 bits per heavy atom. The van der Waals surface area contributed by atoms with Crippen LogP contribution in [-0.2, 0) is 19.1 Å². The van der Waals surface area contributed by atoms with Gasteiger partial charge in [-0.15, -0.1) is 11.3 Å². The molecular weight excluding hydrogens is 450 g/mol. The van der Waals surface area contributed by atoms with Crippen molar-refractivity contribution in [1.29, 1.82) is 0 Å². The maximum atomic E-state index is 12.0. The van der Waals surface area contributed by atoms with Gasteiger partial charge in [-0.3, -0.25) is 9.00 Å². The van der Waals surface area contributed by atoms with Gasteiger partial charge >= 0.3 is 5.97 Å². The predicted octanol–water partition coefficient (Wildman–Crippen LogP) is 3.59. The van der Waals surface area contributed by atoms with Crippen molar-refractivity contribution < 1.29 is 23.6 Å². The highest BCUT2D eigenvalue weighted by atomic mass is 32.2. The van der Waals surface area contributed by atoms with Gasteiger partial charge in [0.1, 0.15) is 6.61 Å². The average Bonchev–Trinajstić information content (AvgIpc) is 3.27. The molecule has 8 nitrogen and oxygen atoms in total. The molecule has 2 aromatic heterocycles. The van der Waals surface area contributed by atoms with Gasteiger partial charge in [0.25, 0.3) is 0 Å². The predicted molar refractivity (Wildman–Crippen MR) is 129 cm³/mol. The quantitative estimate of drug-likeness (QED) is 0.374. The topological polar surface area (TPSA) is 111 Å². The summed E-state index contributed by atoms with van der Waals surface area (Å²) in [5, 5.41) is 14.1. The molecule has 0 saturated carbocycles. The van der Waals surface area contributed by atoms with Gasteiger partial charge in [-0.25, -0.2) is 4.98 Å². The number of aromatic nitrogens is 2. The zero-order chi connectivity index (χ0) is 23.6. The number of carbonyl (C=O) groups excluding carboxylic acids is 1. The van der Waals surface area contributed by atoms with Crippen molar-refractivity contribution in [2.45, 2.75) is 18.7 Å². The van der Waals surface area contributed by atoms with Crippen molar-refractivity contribution in [2.75, 3.05) is 31.4 Å². The molecule has 0 radical (unpaired) electrons. The van der Waals surface area contributed by atoms with E-state index in [1.165, 1.54) is 6.92 Å². The number of hydrogen-bond acceptors (Lipinski definition) is 9. The minimum absolute atomic E-state index is 0.0978. The van der Waals surface area contributed by atoms with E-state index in [0.717, 1.165) is 16.1 Å². The second-order valence-corrected chi connectivity index (χ2v) is 9.97. The Kier molecular flexibility index (Phi) is 9.63. The van der Waals surface area contributed by atoms with Gasteiger partial charge in [-0.05, 0) is 58.0 Å². The molecule has 3 aromatic rings. The molecule has 1 unspecified atom stereocenters. The highest BCUT2D eigenvalue weighted by Crippen LogP contribution is 2.32. The number of thiophene rings is 1. The molecule has 2 N–H and O–H groups in total. The van der Waals surface area contributed by atoms with Crippen LogP contribution < -0.4 is 10.1 Å². The standard InChI is InChI=1S/C18H19N3O3S2.C4H8O2/c1-26(2,23)14-7-5-13(6-8-14)20-18-19-12-15(16-4-3-11-25-16)17(21-18)24-10-9-22;1-3-6-4(2)5/h3-8,11-12,22H,1,9-10H2,2H3,(H,19,20,21);3H2,1-2H3. The fourth-order valence-electron chi connectivity index (χ4n) is 2.44. The molecular formula is C22H27N3O5S2. The van der Waals surface area contributed by atoms with Crippen LogP contribution in [-0.4, -0.2) is 57.2 Å². The van der Waals surface area contributed by atoms with Gasteiger partial charge in [0.2, 0.25) is 11.8 Å². The molecule has 1 atom stereocenters. The van der Waals surface area contributed by atoms with Crippen LogP contribution in [0.15, 0.2) is 52.9 Å². The molecule has 0 aliphatic rings. The van der Waals surface area contributed by atoms with Gasteiger partial charge in [0.05, 0.1) is 18.8 Å². The van der Waals surface area contributed by atoms with E-state index in [1.807, 2.05) is 17.5 Å². The van der Waals surface area contributed by atoms with Crippen LogP contribution >= 0.6 is 11.3 Å². The molecule has 0 aliphatic heterocycles. The highest BCUT2D eigenvalue weighted by molar-refractivity contribution is 7.99. The lowest BCUT2D eigenvalue weighted by molar-refractivity contribution is -0.140. The van der Waals surface area contributed by atoms with E-state index in [9.17, 15) is 9.00 Å². The Hall–Kier alpha value is -2.95. The molecule has 0 bridgehead atoms. The summed E-state index contributed by atoms with van der Waals surface area (Å²) in [6.07, 6.45) is 3.30. The third-order valence-electron chi connectivity index (χ3n) is 3.83. The number of aliphatic hydroxyl groups excluding tert-OH is 1. The van der Waals surface area contributed by atoms with Crippen molar-refractivity contribution in [3.63, 3.8) is 0 Å². The van der Waals surface area contributed by atoms with Crippen molar-refractivity contribution in [3.8, 4) is 16.3 Å². The fourth-order valence-corrected chi connectivity index (χ4v) is 3.88. The van der Waals surface area contributed by atoms with Crippen LogP contribution in [0.5, 0.6) is 5.88 Å².